The Hall–Kier alpha value is -2.15. The maximum Gasteiger partial charge on any atom is 0.586 e. The highest BCUT2D eigenvalue weighted by atomic mass is 79.9. The van der Waals surface area contributed by atoms with Crippen LogP contribution < -0.4 is 9.47 Å². The van der Waals surface area contributed by atoms with Crippen LogP contribution >= 0.6 is 15.9 Å². The number of halogens is 3. The van der Waals surface area contributed by atoms with Crippen molar-refractivity contribution in [1.82, 2.24) is 9.97 Å². The zero-order valence-corrected chi connectivity index (χ0v) is 13.9. The molecule has 0 bridgehead atoms. The van der Waals surface area contributed by atoms with E-state index in [0.29, 0.717) is 11.2 Å². The van der Waals surface area contributed by atoms with Gasteiger partial charge < -0.3 is 14.5 Å². The van der Waals surface area contributed by atoms with E-state index in [9.17, 15) is 8.78 Å². The van der Waals surface area contributed by atoms with E-state index in [1.54, 1.807) is 24.5 Å². The van der Waals surface area contributed by atoms with Gasteiger partial charge in [-0.05, 0) is 28.1 Å². The van der Waals surface area contributed by atoms with Gasteiger partial charge in [0.2, 0.25) is 0 Å². The van der Waals surface area contributed by atoms with Crippen molar-refractivity contribution in [3.63, 3.8) is 0 Å². The number of ether oxygens (including phenoxy) is 2. The van der Waals surface area contributed by atoms with Gasteiger partial charge in [-0.1, -0.05) is 26.0 Å². The first-order chi connectivity index (χ1) is 11.0. The van der Waals surface area contributed by atoms with Gasteiger partial charge in [-0.25, -0.2) is 4.98 Å². The van der Waals surface area contributed by atoms with Crippen LogP contribution in [0.25, 0.3) is 22.2 Å². The Bertz CT molecular complexity index is 864. The predicted molar refractivity (Wildman–Crippen MR) is 86.8 cm³/mol. The fourth-order valence-electron chi connectivity index (χ4n) is 2.38. The molecule has 0 aliphatic carbocycles. The Kier molecular flexibility index (Phi) is 3.97. The van der Waals surface area contributed by atoms with Crippen LogP contribution in [0.2, 0.25) is 0 Å². The van der Waals surface area contributed by atoms with E-state index < -0.39 is 6.29 Å². The lowest BCUT2D eigenvalue weighted by molar-refractivity contribution is -0.286. The molecule has 0 amide bonds. The second-order valence-corrected chi connectivity index (χ2v) is 5.47. The van der Waals surface area contributed by atoms with E-state index in [1.165, 1.54) is 6.07 Å². The van der Waals surface area contributed by atoms with Gasteiger partial charge in [-0.2, -0.15) is 0 Å². The zero-order valence-electron chi connectivity index (χ0n) is 12.4. The fraction of sp³-hybridized carbons (Fsp3) is 0.188. The van der Waals surface area contributed by atoms with Gasteiger partial charge in [-0.3, -0.25) is 0 Å². The first-order valence-electron chi connectivity index (χ1n) is 7.05. The third-order valence-electron chi connectivity index (χ3n) is 3.22. The second-order valence-electron chi connectivity index (χ2n) is 4.55. The third kappa shape index (κ3) is 2.76. The number of benzene rings is 1. The highest BCUT2D eigenvalue weighted by molar-refractivity contribution is 9.10. The normalized spacial score (nSPS) is 14.5. The van der Waals surface area contributed by atoms with Crippen molar-refractivity contribution in [2.24, 2.45) is 0 Å². The first kappa shape index (κ1) is 15.7. The SMILES string of the molecule is CC.FC1(F)Oc2cccc(-c3c[nH]c4ncc(Br)cc34)c2O1. The summed E-state index contributed by atoms with van der Waals surface area (Å²) in [4.78, 5) is 7.24. The molecule has 0 saturated carbocycles. The monoisotopic (exact) mass is 382 g/mol. The predicted octanol–water partition coefficient (Wildman–Crippen LogP) is 5.34. The van der Waals surface area contributed by atoms with Gasteiger partial charge in [0.15, 0.2) is 11.5 Å². The summed E-state index contributed by atoms with van der Waals surface area (Å²) in [5.41, 5.74) is 1.91. The molecule has 7 heteroatoms. The van der Waals surface area contributed by atoms with Crippen LogP contribution in [0.15, 0.2) is 41.1 Å². The molecule has 1 aliphatic rings. The molecule has 1 N–H and O–H groups in total. The number of aromatic amines is 1. The van der Waals surface area contributed by atoms with Gasteiger partial charge >= 0.3 is 6.29 Å². The summed E-state index contributed by atoms with van der Waals surface area (Å²) < 4.78 is 36.4. The minimum atomic E-state index is -3.64. The number of nitrogens with one attached hydrogen (secondary N) is 1. The topological polar surface area (TPSA) is 47.1 Å². The molecule has 1 aromatic carbocycles. The van der Waals surface area contributed by atoms with Gasteiger partial charge in [0.05, 0.1) is 0 Å². The van der Waals surface area contributed by atoms with Crippen LogP contribution in [0.1, 0.15) is 13.8 Å². The van der Waals surface area contributed by atoms with Gasteiger partial charge in [0.1, 0.15) is 5.65 Å². The number of nitrogens with zero attached hydrogens (tertiary/aromatic N) is 1. The van der Waals surface area contributed by atoms with Crippen LogP contribution in [0.5, 0.6) is 11.5 Å². The molecule has 0 spiro atoms. The van der Waals surface area contributed by atoms with Crippen LogP contribution in [-0.4, -0.2) is 16.3 Å². The number of alkyl halides is 2. The average Bonchev–Trinajstić information content (AvgIpc) is 3.07. The molecule has 120 valence electrons. The minimum absolute atomic E-state index is 0.0230. The smallest absolute Gasteiger partial charge is 0.395 e. The van der Waals surface area contributed by atoms with Crippen LogP contribution in [0, 0.1) is 0 Å². The molecule has 23 heavy (non-hydrogen) atoms. The van der Waals surface area contributed by atoms with E-state index in [1.807, 2.05) is 19.9 Å². The number of hydrogen-bond donors (Lipinski definition) is 1. The molecule has 4 nitrogen and oxygen atoms in total. The van der Waals surface area contributed by atoms with Crippen molar-refractivity contribution < 1.29 is 18.3 Å². The Labute approximate surface area is 139 Å². The van der Waals surface area contributed by atoms with E-state index in [0.717, 1.165) is 15.4 Å². The van der Waals surface area contributed by atoms with E-state index in [-0.39, 0.29) is 11.5 Å². The number of rotatable bonds is 1. The number of para-hydroxylation sites is 1. The number of pyridine rings is 1. The summed E-state index contributed by atoms with van der Waals surface area (Å²) in [6, 6.07) is 6.65. The van der Waals surface area contributed by atoms with Crippen molar-refractivity contribution in [1.29, 1.82) is 0 Å². The van der Waals surface area contributed by atoms with Gasteiger partial charge in [-0.15, -0.1) is 8.78 Å². The highest BCUT2D eigenvalue weighted by Crippen LogP contribution is 2.48. The van der Waals surface area contributed by atoms with Crippen molar-refractivity contribution in [3.05, 3.63) is 41.1 Å². The summed E-state index contributed by atoms with van der Waals surface area (Å²) in [5, 5.41) is 0.802. The summed E-state index contributed by atoms with van der Waals surface area (Å²) in [6.45, 7) is 4.00. The van der Waals surface area contributed by atoms with E-state index >= 15 is 0 Å². The Morgan fingerprint density at radius 2 is 1.96 bits per heavy atom. The zero-order chi connectivity index (χ0) is 16.6. The Morgan fingerprint density at radius 3 is 2.74 bits per heavy atom. The molecule has 3 aromatic rings. The molecular weight excluding hydrogens is 370 g/mol. The maximum absolute atomic E-state index is 13.3. The number of fused-ring (bicyclic) bond motifs is 2. The summed E-state index contributed by atoms with van der Waals surface area (Å²) >= 11 is 3.35. The summed E-state index contributed by atoms with van der Waals surface area (Å²) in [5.74, 6) is 0.0539. The summed E-state index contributed by atoms with van der Waals surface area (Å²) in [6.07, 6.45) is -0.269. The number of aromatic nitrogens is 2. The lowest BCUT2D eigenvalue weighted by Gasteiger charge is -2.06. The summed E-state index contributed by atoms with van der Waals surface area (Å²) in [7, 11) is 0. The lowest BCUT2D eigenvalue weighted by atomic mass is 10.0. The van der Waals surface area contributed by atoms with Gasteiger partial charge in [0.25, 0.3) is 0 Å². The molecule has 0 radical (unpaired) electrons. The van der Waals surface area contributed by atoms with Crippen LogP contribution in [0.3, 0.4) is 0 Å². The fourth-order valence-corrected chi connectivity index (χ4v) is 2.71. The molecule has 2 aromatic heterocycles. The third-order valence-corrected chi connectivity index (χ3v) is 3.65. The molecule has 0 fully saturated rings. The standard InChI is InChI=1S/C14H7BrF2N2O2.C2H6/c15-7-4-9-10(6-19-13(9)18-5-7)8-2-1-3-11-12(8)21-14(16,17)20-11;1-2/h1-6H,(H,18,19);1-2H3. The van der Waals surface area contributed by atoms with Gasteiger partial charge in [0, 0.05) is 33.4 Å². The van der Waals surface area contributed by atoms with Crippen LogP contribution in [0.4, 0.5) is 8.78 Å². The van der Waals surface area contributed by atoms with Crippen molar-refractivity contribution in [2.45, 2.75) is 20.1 Å². The number of hydrogen-bond acceptors (Lipinski definition) is 3. The second kappa shape index (κ2) is 5.81. The van der Waals surface area contributed by atoms with Crippen molar-refractivity contribution in [3.8, 4) is 22.6 Å². The molecule has 4 rings (SSSR count). The van der Waals surface area contributed by atoms with E-state index in [4.69, 9.17) is 0 Å². The minimum Gasteiger partial charge on any atom is -0.395 e. The average molecular weight is 383 g/mol. The van der Waals surface area contributed by atoms with Crippen molar-refractivity contribution in [2.75, 3.05) is 0 Å². The lowest BCUT2D eigenvalue weighted by Crippen LogP contribution is -2.26. The Morgan fingerprint density at radius 1 is 1.17 bits per heavy atom. The molecule has 3 heterocycles. The molecule has 0 atom stereocenters. The van der Waals surface area contributed by atoms with Crippen LogP contribution in [-0.2, 0) is 0 Å². The molecule has 1 aliphatic heterocycles. The molecule has 0 saturated heterocycles. The quantitative estimate of drug-likeness (QED) is 0.617. The largest absolute Gasteiger partial charge is 0.586 e. The van der Waals surface area contributed by atoms with E-state index in [2.05, 4.69) is 35.4 Å². The highest BCUT2D eigenvalue weighted by Gasteiger charge is 2.44. The number of H-pyrrole nitrogens is 1. The van der Waals surface area contributed by atoms with Crippen molar-refractivity contribution >= 4 is 27.0 Å². The maximum atomic E-state index is 13.3. The molecular formula is C16H13BrF2N2O2. The Balaban J connectivity index is 0.000000753. The molecule has 0 unspecified atom stereocenters. The first-order valence-corrected chi connectivity index (χ1v) is 7.85.